The highest BCUT2D eigenvalue weighted by Crippen LogP contribution is 2.41. The lowest BCUT2D eigenvalue weighted by atomic mass is 9.82. The Bertz CT molecular complexity index is 1070. The van der Waals surface area contributed by atoms with E-state index in [9.17, 15) is 16.8 Å². The number of fused-ring (bicyclic) bond motifs is 1. The maximum Gasteiger partial charge on any atom is 0.245 e. The van der Waals surface area contributed by atoms with Crippen molar-refractivity contribution in [2.75, 3.05) is 19.7 Å². The number of aromatic nitrogens is 2. The van der Waals surface area contributed by atoms with Crippen molar-refractivity contribution in [1.82, 2.24) is 14.1 Å². The summed E-state index contributed by atoms with van der Waals surface area (Å²) in [5.41, 5.74) is 0.563. The molecule has 26 heavy (non-hydrogen) atoms. The number of nitrogens with two attached hydrogens (primary N) is 1. The van der Waals surface area contributed by atoms with E-state index in [-0.39, 0.29) is 35.4 Å². The zero-order chi connectivity index (χ0) is 18.7. The van der Waals surface area contributed by atoms with Crippen molar-refractivity contribution in [1.29, 1.82) is 0 Å². The van der Waals surface area contributed by atoms with Gasteiger partial charge in [0.1, 0.15) is 0 Å². The largest absolute Gasteiger partial charge is 0.476 e. The maximum absolute atomic E-state index is 12.7. The molecule has 1 aromatic heterocycles. The lowest BCUT2D eigenvalue weighted by molar-refractivity contribution is -0.0274. The third kappa shape index (κ3) is 2.71. The summed E-state index contributed by atoms with van der Waals surface area (Å²) in [6.07, 6.45) is 1.16. The Balaban J connectivity index is 1.53. The zero-order valence-electron chi connectivity index (χ0n) is 14.0. The molecule has 0 radical (unpaired) electrons. The summed E-state index contributed by atoms with van der Waals surface area (Å²) in [7, 11) is -7.47. The predicted octanol–water partition coefficient (Wildman–Crippen LogP) is -0.0778. The minimum atomic E-state index is -3.92. The first-order valence-electron chi connectivity index (χ1n) is 7.89. The van der Waals surface area contributed by atoms with Crippen LogP contribution in [-0.2, 0) is 26.6 Å². The van der Waals surface area contributed by atoms with Gasteiger partial charge in [0, 0.05) is 13.1 Å². The van der Waals surface area contributed by atoms with Gasteiger partial charge in [-0.25, -0.2) is 26.7 Å². The molecule has 4 rings (SSSR count). The Labute approximate surface area is 151 Å². The Morgan fingerprint density at radius 2 is 1.77 bits per heavy atom. The van der Waals surface area contributed by atoms with E-state index in [1.54, 1.807) is 24.3 Å². The Morgan fingerprint density at radius 1 is 1.12 bits per heavy atom. The quantitative estimate of drug-likeness (QED) is 0.771. The molecule has 9 nitrogen and oxygen atoms in total. The summed E-state index contributed by atoms with van der Waals surface area (Å²) in [5.74, 6) is 0.109. The van der Waals surface area contributed by atoms with Crippen molar-refractivity contribution in [3.05, 3.63) is 36.0 Å². The van der Waals surface area contributed by atoms with Gasteiger partial charge in [-0.2, -0.15) is 9.40 Å². The lowest BCUT2D eigenvalue weighted by Gasteiger charge is -2.50. The molecule has 0 bridgehead atoms. The average Bonchev–Trinajstić information content (AvgIpc) is 2.95. The van der Waals surface area contributed by atoms with E-state index in [4.69, 9.17) is 9.88 Å². The first-order chi connectivity index (χ1) is 12.1. The summed E-state index contributed by atoms with van der Waals surface area (Å²) >= 11 is 0. The van der Waals surface area contributed by atoms with Crippen LogP contribution < -0.4 is 9.88 Å². The molecule has 1 fully saturated rings. The minimum Gasteiger partial charge on any atom is -0.476 e. The third-order valence-electron chi connectivity index (χ3n) is 4.75. The molecule has 0 saturated carbocycles. The molecule has 0 atom stereocenters. The minimum absolute atomic E-state index is 0.109. The van der Waals surface area contributed by atoms with Gasteiger partial charge in [0.05, 0.1) is 29.7 Å². The summed E-state index contributed by atoms with van der Waals surface area (Å²) in [6, 6.07) is 6.71. The first-order valence-corrected chi connectivity index (χ1v) is 10.9. The molecule has 1 spiro atoms. The van der Waals surface area contributed by atoms with Crippen LogP contribution in [0.25, 0.3) is 0 Å². The van der Waals surface area contributed by atoms with Crippen molar-refractivity contribution < 1.29 is 21.6 Å². The average molecular weight is 398 g/mol. The number of hydrogen-bond donors (Lipinski definition) is 1. The van der Waals surface area contributed by atoms with E-state index >= 15 is 0 Å². The van der Waals surface area contributed by atoms with Crippen LogP contribution in [0.15, 0.2) is 40.3 Å². The number of nitrogens with zero attached hydrogens (tertiary/aromatic N) is 3. The number of benzene rings is 1. The molecule has 11 heteroatoms. The van der Waals surface area contributed by atoms with E-state index in [1.165, 1.54) is 8.99 Å². The number of aryl methyl sites for hydroxylation is 1. The van der Waals surface area contributed by atoms with Gasteiger partial charge in [0.25, 0.3) is 0 Å². The summed E-state index contributed by atoms with van der Waals surface area (Å²) < 4.78 is 56.9. The Hall–Kier alpha value is -1.95. The molecular weight excluding hydrogens is 380 g/mol. The van der Waals surface area contributed by atoms with Gasteiger partial charge in [-0.15, -0.1) is 0 Å². The fourth-order valence-electron chi connectivity index (χ4n) is 3.32. The topological polar surface area (TPSA) is 125 Å². The normalized spacial score (nSPS) is 19.6. The van der Waals surface area contributed by atoms with Crippen LogP contribution in [0.3, 0.4) is 0 Å². The van der Waals surface area contributed by atoms with Crippen molar-refractivity contribution in [3.63, 3.8) is 0 Å². The molecule has 3 heterocycles. The maximum atomic E-state index is 12.7. The number of rotatable bonds is 3. The smallest absolute Gasteiger partial charge is 0.245 e. The van der Waals surface area contributed by atoms with Gasteiger partial charge in [-0.05, 0) is 19.1 Å². The number of hydrogen-bond acceptors (Lipinski definition) is 6. The van der Waals surface area contributed by atoms with E-state index < -0.39 is 25.5 Å². The third-order valence-corrected chi connectivity index (χ3v) is 7.45. The number of ether oxygens (including phenoxy) is 1. The molecule has 2 N–H and O–H groups in total. The molecule has 1 aromatic carbocycles. The molecule has 0 aliphatic carbocycles. The van der Waals surface area contributed by atoms with Gasteiger partial charge in [-0.3, -0.25) is 0 Å². The molecule has 140 valence electrons. The van der Waals surface area contributed by atoms with Crippen LogP contribution in [0.4, 0.5) is 0 Å². The van der Waals surface area contributed by atoms with Crippen LogP contribution in [0.5, 0.6) is 5.88 Å². The van der Waals surface area contributed by atoms with Gasteiger partial charge in [0.15, 0.2) is 4.90 Å². The highest BCUT2D eigenvalue weighted by Gasteiger charge is 2.52. The second-order valence-corrected chi connectivity index (χ2v) is 10.4. The SMILES string of the molecule is Cc1ccc(S(=O)(=O)N2CC3(COc4c(S(N)(=O)=O)cnn4C3)C2)cc1. The van der Waals surface area contributed by atoms with Gasteiger partial charge in [-0.1, -0.05) is 17.7 Å². The molecule has 2 aliphatic heterocycles. The highest BCUT2D eigenvalue weighted by molar-refractivity contribution is 7.89. The summed E-state index contributed by atoms with van der Waals surface area (Å²) in [5, 5.41) is 9.16. The second kappa shape index (κ2) is 5.52. The van der Waals surface area contributed by atoms with Gasteiger partial charge in [0.2, 0.25) is 25.9 Å². The fraction of sp³-hybridized carbons (Fsp3) is 0.400. The molecular formula is C15H18N4O5S2. The van der Waals surface area contributed by atoms with Crippen LogP contribution in [0, 0.1) is 12.3 Å². The van der Waals surface area contributed by atoms with E-state index in [0.717, 1.165) is 11.8 Å². The van der Waals surface area contributed by atoms with Gasteiger partial charge >= 0.3 is 0 Å². The van der Waals surface area contributed by atoms with Crippen molar-refractivity contribution in [2.45, 2.75) is 23.3 Å². The molecule has 0 amide bonds. The molecule has 0 unspecified atom stereocenters. The Morgan fingerprint density at radius 3 is 2.38 bits per heavy atom. The molecule has 1 saturated heterocycles. The van der Waals surface area contributed by atoms with Crippen molar-refractivity contribution in [3.8, 4) is 5.88 Å². The standard InChI is InChI=1S/C15H18N4O5S2/c1-11-2-4-12(5-3-11)26(22,23)18-7-15(8-18)9-19-14(24-10-15)13(6-17-19)25(16,20)21/h2-6H,7-10H2,1H3,(H2,16,20,21). The van der Waals surface area contributed by atoms with Gasteiger partial charge < -0.3 is 4.74 Å². The van der Waals surface area contributed by atoms with Crippen LogP contribution in [0.1, 0.15) is 5.56 Å². The van der Waals surface area contributed by atoms with Crippen molar-refractivity contribution in [2.24, 2.45) is 10.6 Å². The van der Waals surface area contributed by atoms with E-state index in [1.807, 2.05) is 6.92 Å². The lowest BCUT2D eigenvalue weighted by Crippen LogP contribution is -2.63. The van der Waals surface area contributed by atoms with Crippen LogP contribution in [-0.4, -0.2) is 50.6 Å². The summed E-state index contributed by atoms with van der Waals surface area (Å²) in [6.45, 7) is 3.05. The Kier molecular flexibility index (Phi) is 3.71. The van der Waals surface area contributed by atoms with E-state index in [0.29, 0.717) is 6.54 Å². The zero-order valence-corrected chi connectivity index (χ0v) is 15.6. The monoisotopic (exact) mass is 398 g/mol. The van der Waals surface area contributed by atoms with Crippen molar-refractivity contribution >= 4 is 20.0 Å². The van der Waals surface area contributed by atoms with Crippen LogP contribution in [0.2, 0.25) is 0 Å². The first kappa shape index (κ1) is 17.5. The van der Waals surface area contributed by atoms with E-state index in [2.05, 4.69) is 5.10 Å². The van der Waals surface area contributed by atoms with Crippen LogP contribution >= 0.6 is 0 Å². The number of primary sulfonamides is 1. The molecule has 2 aromatic rings. The fourth-order valence-corrected chi connectivity index (χ4v) is 5.59. The predicted molar refractivity (Wildman–Crippen MR) is 91.5 cm³/mol. The highest BCUT2D eigenvalue weighted by atomic mass is 32.2. The number of sulfonamides is 2. The second-order valence-electron chi connectivity index (χ2n) is 6.89. The molecule has 2 aliphatic rings. The summed E-state index contributed by atoms with van der Waals surface area (Å²) in [4.78, 5) is 0.0989.